The molecule has 2 aromatic heterocycles. The van der Waals surface area contributed by atoms with E-state index in [1.165, 1.54) is 5.56 Å². The predicted molar refractivity (Wildman–Crippen MR) is 86.7 cm³/mol. The minimum Gasteiger partial charge on any atom is -0.361 e. The third kappa shape index (κ3) is 2.78. The van der Waals surface area contributed by atoms with E-state index in [0.29, 0.717) is 0 Å². The van der Waals surface area contributed by atoms with E-state index in [0.717, 1.165) is 39.3 Å². The highest BCUT2D eigenvalue weighted by molar-refractivity contribution is 7.98. The van der Waals surface area contributed by atoms with Crippen molar-refractivity contribution in [2.24, 2.45) is 7.05 Å². The van der Waals surface area contributed by atoms with E-state index in [2.05, 4.69) is 46.5 Å². The molecule has 0 unspecified atom stereocenters. The first kappa shape index (κ1) is 14.8. The summed E-state index contributed by atoms with van der Waals surface area (Å²) >= 11 is 1.64. The highest BCUT2D eigenvalue weighted by atomic mass is 32.2. The molecule has 0 radical (unpaired) electrons. The van der Waals surface area contributed by atoms with Crippen molar-refractivity contribution in [2.45, 2.75) is 31.7 Å². The Morgan fingerprint density at radius 3 is 2.45 bits per heavy atom. The van der Waals surface area contributed by atoms with Crippen molar-refractivity contribution in [3.8, 4) is 11.4 Å². The molecule has 22 heavy (non-hydrogen) atoms. The summed E-state index contributed by atoms with van der Waals surface area (Å²) in [6.07, 6.45) is 0. The van der Waals surface area contributed by atoms with Crippen molar-refractivity contribution in [3.05, 3.63) is 46.8 Å². The van der Waals surface area contributed by atoms with Crippen molar-refractivity contribution in [1.29, 1.82) is 0 Å². The summed E-state index contributed by atoms with van der Waals surface area (Å²) in [6, 6.07) is 8.31. The van der Waals surface area contributed by atoms with E-state index in [1.54, 1.807) is 11.8 Å². The van der Waals surface area contributed by atoms with Crippen molar-refractivity contribution in [3.63, 3.8) is 0 Å². The van der Waals surface area contributed by atoms with E-state index in [9.17, 15) is 0 Å². The van der Waals surface area contributed by atoms with Gasteiger partial charge in [-0.25, -0.2) is 0 Å². The topological polar surface area (TPSA) is 56.7 Å². The maximum absolute atomic E-state index is 5.19. The Balaban J connectivity index is 1.80. The van der Waals surface area contributed by atoms with Crippen LogP contribution < -0.4 is 0 Å². The highest BCUT2D eigenvalue weighted by Gasteiger charge is 2.14. The second-order valence-electron chi connectivity index (χ2n) is 5.32. The molecule has 6 heteroatoms. The minimum atomic E-state index is 0.779. The van der Waals surface area contributed by atoms with Crippen LogP contribution in [0.4, 0.5) is 0 Å². The van der Waals surface area contributed by atoms with Crippen LogP contribution in [0.15, 0.2) is 33.9 Å². The molecule has 0 atom stereocenters. The van der Waals surface area contributed by atoms with Crippen molar-refractivity contribution in [1.82, 2.24) is 19.9 Å². The molecule has 2 heterocycles. The fourth-order valence-corrected chi connectivity index (χ4v) is 3.30. The first-order valence-electron chi connectivity index (χ1n) is 7.07. The summed E-state index contributed by atoms with van der Waals surface area (Å²) in [7, 11) is 1.99. The number of thioether (sulfide) groups is 1. The van der Waals surface area contributed by atoms with Crippen LogP contribution in [0, 0.1) is 20.8 Å². The largest absolute Gasteiger partial charge is 0.361 e. The van der Waals surface area contributed by atoms with Gasteiger partial charge in [-0.2, -0.15) is 0 Å². The molecule has 3 aromatic rings. The second kappa shape index (κ2) is 5.96. The highest BCUT2D eigenvalue weighted by Crippen LogP contribution is 2.27. The van der Waals surface area contributed by atoms with Gasteiger partial charge in [0.05, 0.1) is 5.69 Å². The summed E-state index contributed by atoms with van der Waals surface area (Å²) in [5.41, 5.74) is 4.37. The fourth-order valence-electron chi connectivity index (χ4n) is 2.24. The fraction of sp³-hybridized carbons (Fsp3) is 0.312. The third-order valence-electron chi connectivity index (χ3n) is 3.67. The van der Waals surface area contributed by atoms with Crippen molar-refractivity contribution < 1.29 is 4.52 Å². The van der Waals surface area contributed by atoms with E-state index >= 15 is 0 Å². The molecule has 0 aliphatic rings. The van der Waals surface area contributed by atoms with E-state index in [4.69, 9.17) is 4.52 Å². The average molecular weight is 314 g/mol. The predicted octanol–water partition coefficient (Wildman–Crippen LogP) is 3.69. The van der Waals surface area contributed by atoms with Crippen molar-refractivity contribution >= 4 is 11.8 Å². The maximum atomic E-state index is 5.19. The molecule has 0 aliphatic heterocycles. The smallest absolute Gasteiger partial charge is 0.191 e. The number of benzene rings is 1. The lowest BCUT2D eigenvalue weighted by Gasteiger charge is -2.04. The first-order valence-corrected chi connectivity index (χ1v) is 8.06. The van der Waals surface area contributed by atoms with Gasteiger partial charge in [-0.15, -0.1) is 10.2 Å². The van der Waals surface area contributed by atoms with Crippen LogP contribution in [-0.4, -0.2) is 19.9 Å². The van der Waals surface area contributed by atoms with Gasteiger partial charge in [-0.05, 0) is 20.8 Å². The Morgan fingerprint density at radius 2 is 1.82 bits per heavy atom. The minimum absolute atomic E-state index is 0.779. The zero-order chi connectivity index (χ0) is 15.7. The van der Waals surface area contributed by atoms with Crippen LogP contribution in [0.25, 0.3) is 11.4 Å². The van der Waals surface area contributed by atoms with Gasteiger partial charge in [0.15, 0.2) is 11.0 Å². The Hall–Kier alpha value is -2.08. The monoisotopic (exact) mass is 314 g/mol. The standard InChI is InChI=1S/C16H18N4OS/c1-10-5-7-13(8-6-10)15-17-18-16(20(15)4)22-9-14-11(2)19-21-12(14)3/h5-8H,9H2,1-4H3. The maximum Gasteiger partial charge on any atom is 0.191 e. The summed E-state index contributed by atoms with van der Waals surface area (Å²) in [6.45, 7) is 5.97. The molecule has 0 spiro atoms. The summed E-state index contributed by atoms with van der Waals surface area (Å²) in [5.74, 6) is 2.52. The Labute approximate surface area is 133 Å². The molecule has 0 saturated carbocycles. The Morgan fingerprint density at radius 1 is 1.09 bits per heavy atom. The van der Waals surface area contributed by atoms with Gasteiger partial charge in [0.1, 0.15) is 5.76 Å². The van der Waals surface area contributed by atoms with Gasteiger partial charge < -0.3 is 9.09 Å². The quantitative estimate of drug-likeness (QED) is 0.687. The molecule has 0 aliphatic carbocycles. The number of hydrogen-bond acceptors (Lipinski definition) is 5. The first-order chi connectivity index (χ1) is 10.6. The van der Waals surface area contributed by atoms with E-state index < -0.39 is 0 Å². The van der Waals surface area contributed by atoms with E-state index in [1.807, 2.05) is 25.5 Å². The molecular formula is C16H18N4OS. The number of rotatable bonds is 4. The van der Waals surface area contributed by atoms with Crippen LogP contribution in [-0.2, 0) is 12.8 Å². The molecule has 0 amide bonds. The van der Waals surface area contributed by atoms with Crippen LogP contribution in [0.2, 0.25) is 0 Å². The van der Waals surface area contributed by atoms with Gasteiger partial charge in [-0.3, -0.25) is 0 Å². The SMILES string of the molecule is Cc1ccc(-c2nnc(SCc3c(C)noc3C)n2C)cc1. The average Bonchev–Trinajstić information content (AvgIpc) is 3.02. The summed E-state index contributed by atoms with van der Waals surface area (Å²) < 4.78 is 7.21. The van der Waals surface area contributed by atoms with Crippen LogP contribution >= 0.6 is 11.8 Å². The van der Waals surface area contributed by atoms with Crippen LogP contribution in [0.5, 0.6) is 0 Å². The van der Waals surface area contributed by atoms with Gasteiger partial charge in [-0.1, -0.05) is 46.7 Å². The van der Waals surface area contributed by atoms with Gasteiger partial charge in [0.2, 0.25) is 0 Å². The van der Waals surface area contributed by atoms with Crippen LogP contribution in [0.3, 0.4) is 0 Å². The molecule has 1 aromatic carbocycles. The Kier molecular flexibility index (Phi) is 4.02. The molecule has 0 fully saturated rings. The van der Waals surface area contributed by atoms with Gasteiger partial charge in [0.25, 0.3) is 0 Å². The van der Waals surface area contributed by atoms with Crippen molar-refractivity contribution in [2.75, 3.05) is 0 Å². The normalized spacial score (nSPS) is 11.1. The second-order valence-corrected chi connectivity index (χ2v) is 6.27. The molecule has 5 nitrogen and oxygen atoms in total. The lowest BCUT2D eigenvalue weighted by molar-refractivity contribution is 0.392. The lowest BCUT2D eigenvalue weighted by Crippen LogP contribution is -1.95. The van der Waals surface area contributed by atoms with Crippen LogP contribution in [0.1, 0.15) is 22.6 Å². The Bertz CT molecular complexity index is 770. The van der Waals surface area contributed by atoms with Gasteiger partial charge in [0, 0.05) is 23.9 Å². The molecule has 0 saturated heterocycles. The number of hydrogen-bond donors (Lipinski definition) is 0. The third-order valence-corrected chi connectivity index (χ3v) is 4.72. The summed E-state index contributed by atoms with van der Waals surface area (Å²) in [4.78, 5) is 0. The van der Waals surface area contributed by atoms with E-state index in [-0.39, 0.29) is 0 Å². The van der Waals surface area contributed by atoms with Gasteiger partial charge >= 0.3 is 0 Å². The number of aryl methyl sites for hydroxylation is 3. The summed E-state index contributed by atoms with van der Waals surface area (Å²) in [5, 5.41) is 13.5. The number of nitrogens with zero attached hydrogens (tertiary/aromatic N) is 4. The lowest BCUT2D eigenvalue weighted by atomic mass is 10.1. The zero-order valence-electron chi connectivity index (χ0n) is 13.1. The molecule has 0 bridgehead atoms. The zero-order valence-corrected chi connectivity index (χ0v) is 13.9. The molecule has 3 rings (SSSR count). The molecule has 0 N–H and O–H groups in total. The number of aromatic nitrogens is 4. The molecular weight excluding hydrogens is 296 g/mol. The molecule has 114 valence electrons.